The van der Waals surface area contributed by atoms with Crippen LogP contribution in [0.25, 0.3) is 0 Å². The van der Waals surface area contributed by atoms with E-state index in [1.54, 1.807) is 0 Å². The summed E-state index contributed by atoms with van der Waals surface area (Å²) in [7, 11) is 0. The molecule has 7 N–H and O–H groups in total. The van der Waals surface area contributed by atoms with Gasteiger partial charge in [-0.1, -0.05) is 6.07 Å². The van der Waals surface area contributed by atoms with E-state index in [0.29, 0.717) is 5.56 Å². The molecule has 0 saturated carbocycles. The Morgan fingerprint density at radius 3 is 2.33 bits per heavy atom. The minimum absolute atomic E-state index is 0.0977. The fourth-order valence-corrected chi connectivity index (χ4v) is 3.69. The number of benzene rings is 2. The van der Waals surface area contributed by atoms with Crippen LogP contribution in [0.5, 0.6) is 28.7 Å². The molecule has 176 valence electrons. The number of ketones is 1. The molecule has 0 amide bonds. The number of phenols is 3. The first-order valence-electron chi connectivity index (χ1n) is 9.74. The highest BCUT2D eigenvalue weighted by molar-refractivity contribution is 6.02. The molecule has 0 spiro atoms. The highest BCUT2D eigenvalue weighted by atomic mass is 16.7. The van der Waals surface area contributed by atoms with Crippen molar-refractivity contribution in [1.29, 1.82) is 0 Å². The Morgan fingerprint density at radius 2 is 1.67 bits per heavy atom. The Kier molecular flexibility index (Phi) is 5.76. The van der Waals surface area contributed by atoms with Gasteiger partial charge in [-0.05, 0) is 17.7 Å². The van der Waals surface area contributed by atoms with Crippen molar-refractivity contribution in [2.45, 2.75) is 43.2 Å². The molecule has 1 saturated heterocycles. The number of carboxylic acid groups (broad SMARTS) is 1. The summed E-state index contributed by atoms with van der Waals surface area (Å²) in [4.78, 5) is 23.9. The molecule has 2 aromatic carbocycles. The molecular formula is C21H20O12. The zero-order chi connectivity index (χ0) is 24.0. The predicted octanol–water partition coefficient (Wildman–Crippen LogP) is -0.219. The number of hydrogen-bond donors (Lipinski definition) is 7. The summed E-state index contributed by atoms with van der Waals surface area (Å²) in [5, 5.41) is 68.5. The number of rotatable bonds is 4. The van der Waals surface area contributed by atoms with E-state index in [4.69, 9.17) is 19.3 Å². The smallest absolute Gasteiger partial charge is 0.335 e. The van der Waals surface area contributed by atoms with Gasteiger partial charge in [0, 0.05) is 12.1 Å². The van der Waals surface area contributed by atoms with Crippen LogP contribution in [-0.2, 0) is 9.53 Å². The minimum Gasteiger partial charge on any atom is -0.507 e. The highest BCUT2D eigenvalue weighted by Crippen LogP contribution is 2.43. The molecule has 0 radical (unpaired) electrons. The van der Waals surface area contributed by atoms with Crippen molar-refractivity contribution in [2.24, 2.45) is 0 Å². The Morgan fingerprint density at radius 1 is 0.939 bits per heavy atom. The summed E-state index contributed by atoms with van der Waals surface area (Å²) in [5.41, 5.74) is 0.244. The number of phenolic OH excluding ortho intramolecular Hbond substituents is 3. The summed E-state index contributed by atoms with van der Waals surface area (Å²) >= 11 is 0. The Labute approximate surface area is 185 Å². The Bertz CT molecular complexity index is 1100. The molecule has 1 fully saturated rings. The van der Waals surface area contributed by atoms with Crippen LogP contribution in [0.3, 0.4) is 0 Å². The topological polar surface area (TPSA) is 203 Å². The molecular weight excluding hydrogens is 444 g/mol. The van der Waals surface area contributed by atoms with E-state index in [-0.39, 0.29) is 29.2 Å². The number of aromatic hydroxyl groups is 3. The van der Waals surface area contributed by atoms with Gasteiger partial charge in [0.25, 0.3) is 0 Å². The zero-order valence-electron chi connectivity index (χ0n) is 16.7. The second-order valence-corrected chi connectivity index (χ2v) is 7.65. The average Bonchev–Trinajstić information content (AvgIpc) is 2.75. The van der Waals surface area contributed by atoms with E-state index in [9.17, 15) is 40.2 Å². The molecule has 12 nitrogen and oxygen atoms in total. The molecule has 2 aromatic rings. The zero-order valence-corrected chi connectivity index (χ0v) is 16.7. The summed E-state index contributed by atoms with van der Waals surface area (Å²) in [6.07, 6.45) is -10.3. The van der Waals surface area contributed by atoms with Gasteiger partial charge >= 0.3 is 5.97 Å². The number of aliphatic hydroxyl groups is 3. The number of carboxylic acids is 1. The van der Waals surface area contributed by atoms with Crippen molar-refractivity contribution in [3.8, 4) is 28.7 Å². The van der Waals surface area contributed by atoms with Crippen LogP contribution in [0.2, 0.25) is 0 Å². The van der Waals surface area contributed by atoms with Crippen LogP contribution in [0, 0.1) is 0 Å². The standard InChI is InChI=1S/C21H20O12/c22-9-2-1-7(3-10(9)23)13-6-12(25)15-11(24)4-8(5-14(15)32-13)31-21-18(28)16(26)17(27)19(33-21)20(29)30/h1-5,13,16-19,21-24,26-28H,6H2,(H,29,30)/t13?,16-,17-,18+,19-,21?/m0/s1. The largest absolute Gasteiger partial charge is 0.507 e. The Hall–Kier alpha value is -3.58. The van der Waals surface area contributed by atoms with Crippen LogP contribution in [0.4, 0.5) is 0 Å². The van der Waals surface area contributed by atoms with E-state index in [2.05, 4.69) is 0 Å². The van der Waals surface area contributed by atoms with Gasteiger partial charge in [-0.25, -0.2) is 4.79 Å². The fourth-order valence-electron chi connectivity index (χ4n) is 3.69. The first-order valence-corrected chi connectivity index (χ1v) is 9.74. The highest BCUT2D eigenvalue weighted by Gasteiger charge is 2.48. The number of carbonyl (C=O) groups excluding carboxylic acids is 1. The lowest BCUT2D eigenvalue weighted by Crippen LogP contribution is -2.61. The number of aliphatic hydroxyl groups excluding tert-OH is 3. The molecule has 2 unspecified atom stereocenters. The van der Waals surface area contributed by atoms with E-state index >= 15 is 0 Å². The second kappa shape index (κ2) is 8.41. The van der Waals surface area contributed by atoms with Crippen molar-refractivity contribution in [2.75, 3.05) is 0 Å². The molecule has 0 aliphatic carbocycles. The molecule has 12 heteroatoms. The molecule has 6 atom stereocenters. The van der Waals surface area contributed by atoms with Crippen LogP contribution in [-0.4, -0.2) is 78.2 Å². The fraction of sp³-hybridized carbons (Fsp3) is 0.333. The van der Waals surface area contributed by atoms with Gasteiger partial charge in [-0.15, -0.1) is 0 Å². The first-order chi connectivity index (χ1) is 15.6. The van der Waals surface area contributed by atoms with Gasteiger partial charge in [0.15, 0.2) is 23.4 Å². The maximum atomic E-state index is 12.6. The molecule has 2 aliphatic heterocycles. The summed E-state index contributed by atoms with van der Waals surface area (Å²) in [6, 6.07) is 6.12. The first kappa shape index (κ1) is 22.6. The van der Waals surface area contributed by atoms with Crippen LogP contribution < -0.4 is 9.47 Å². The maximum Gasteiger partial charge on any atom is 0.335 e. The quantitative estimate of drug-likeness (QED) is 0.294. The summed E-state index contributed by atoms with van der Waals surface area (Å²) in [5.74, 6) is -3.63. The minimum atomic E-state index is -1.90. The van der Waals surface area contributed by atoms with Gasteiger partial charge in [0.2, 0.25) is 6.29 Å². The van der Waals surface area contributed by atoms with E-state index in [1.165, 1.54) is 24.3 Å². The monoisotopic (exact) mass is 464 g/mol. The number of Topliss-reactive ketones (excluding diaryl/α,β-unsaturated/α-hetero) is 1. The summed E-state index contributed by atoms with van der Waals surface area (Å²) in [6.45, 7) is 0. The SMILES string of the molecule is O=C1CC(c2ccc(O)c(O)c2)Oc2cc(OC3O[C@H](C(=O)O)[C@@H](O)[C@H](O)[C@H]3O)cc(O)c21. The van der Waals surface area contributed by atoms with E-state index < -0.39 is 60.1 Å². The van der Waals surface area contributed by atoms with E-state index in [0.717, 1.165) is 6.07 Å². The van der Waals surface area contributed by atoms with Crippen molar-refractivity contribution in [1.82, 2.24) is 0 Å². The average molecular weight is 464 g/mol. The Balaban J connectivity index is 1.61. The second-order valence-electron chi connectivity index (χ2n) is 7.65. The van der Waals surface area contributed by atoms with Gasteiger partial charge in [0.05, 0.1) is 6.42 Å². The van der Waals surface area contributed by atoms with Gasteiger partial charge in [-0.2, -0.15) is 0 Å². The number of fused-ring (bicyclic) bond motifs is 1. The molecule has 33 heavy (non-hydrogen) atoms. The van der Waals surface area contributed by atoms with Crippen molar-refractivity contribution >= 4 is 11.8 Å². The molecule has 2 aliphatic rings. The molecule has 4 rings (SSSR count). The lowest BCUT2D eigenvalue weighted by Gasteiger charge is -2.38. The third-order valence-electron chi connectivity index (χ3n) is 5.41. The third-order valence-corrected chi connectivity index (χ3v) is 5.41. The number of aliphatic carboxylic acids is 1. The molecule has 0 bridgehead atoms. The maximum absolute atomic E-state index is 12.6. The number of hydrogen-bond acceptors (Lipinski definition) is 11. The van der Waals surface area contributed by atoms with Crippen molar-refractivity contribution in [3.05, 3.63) is 41.5 Å². The van der Waals surface area contributed by atoms with Gasteiger partial charge in [0.1, 0.15) is 47.2 Å². The lowest BCUT2D eigenvalue weighted by atomic mass is 9.95. The number of ether oxygens (including phenoxy) is 3. The van der Waals surface area contributed by atoms with Crippen LogP contribution in [0.1, 0.15) is 28.4 Å². The van der Waals surface area contributed by atoms with Crippen molar-refractivity contribution < 1.29 is 59.5 Å². The molecule has 2 heterocycles. The molecule has 0 aromatic heterocycles. The van der Waals surface area contributed by atoms with Gasteiger partial charge < -0.3 is 50.0 Å². The van der Waals surface area contributed by atoms with Gasteiger partial charge in [-0.3, -0.25) is 4.79 Å². The third kappa shape index (κ3) is 4.12. The van der Waals surface area contributed by atoms with Crippen LogP contribution in [0.15, 0.2) is 30.3 Å². The van der Waals surface area contributed by atoms with Crippen LogP contribution >= 0.6 is 0 Å². The normalized spacial score (nSPS) is 29.1. The number of carbonyl (C=O) groups is 2. The summed E-state index contributed by atoms with van der Waals surface area (Å²) < 4.78 is 16.2. The van der Waals surface area contributed by atoms with E-state index in [1.807, 2.05) is 0 Å². The van der Waals surface area contributed by atoms with Crippen molar-refractivity contribution in [3.63, 3.8) is 0 Å². The predicted molar refractivity (Wildman–Crippen MR) is 105 cm³/mol. The lowest BCUT2D eigenvalue weighted by molar-refractivity contribution is -0.271.